The summed E-state index contributed by atoms with van der Waals surface area (Å²) in [5.74, 6) is 1.61. The van der Waals surface area contributed by atoms with Gasteiger partial charge in [0.05, 0.1) is 0 Å². The van der Waals surface area contributed by atoms with E-state index in [0.717, 1.165) is 6.42 Å². The molecule has 58 valence electrons. The lowest BCUT2D eigenvalue weighted by Crippen LogP contribution is -1.92. The summed E-state index contributed by atoms with van der Waals surface area (Å²) in [6, 6.07) is 0. The van der Waals surface area contributed by atoms with Crippen LogP contribution in [0.2, 0.25) is 0 Å². The molecule has 1 atom stereocenters. The number of rotatable bonds is 4. The standard InChI is InChI=1S/C7H14O2P/c1-4-5-6-10(8)9-7(2)3/h5-7H,4H2,1-3H3/q+1. The lowest BCUT2D eigenvalue weighted by Gasteiger charge is -1.88. The molecule has 0 aliphatic rings. The van der Waals surface area contributed by atoms with Gasteiger partial charge in [-0.15, -0.1) is 4.52 Å². The molecule has 3 heteroatoms. The molecule has 0 radical (unpaired) electrons. The van der Waals surface area contributed by atoms with Crippen molar-refractivity contribution in [3.8, 4) is 0 Å². The van der Waals surface area contributed by atoms with Gasteiger partial charge in [0.15, 0.2) is 5.82 Å². The third-order valence-electron chi connectivity index (χ3n) is 0.778. The maximum absolute atomic E-state index is 10.9. The highest BCUT2D eigenvalue weighted by Gasteiger charge is 2.13. The van der Waals surface area contributed by atoms with Crippen LogP contribution in [0.15, 0.2) is 11.9 Å². The maximum Gasteiger partial charge on any atom is 0.540 e. The molecule has 0 fully saturated rings. The minimum absolute atomic E-state index is 0.0464. The summed E-state index contributed by atoms with van der Waals surface area (Å²) < 4.78 is 15.8. The zero-order valence-corrected chi connectivity index (χ0v) is 7.60. The van der Waals surface area contributed by atoms with Crippen LogP contribution >= 0.6 is 8.03 Å². The number of hydrogen-bond donors (Lipinski definition) is 0. The average Bonchev–Trinajstić information content (AvgIpc) is 1.82. The van der Waals surface area contributed by atoms with Crippen LogP contribution in [0.5, 0.6) is 0 Å². The molecule has 0 heterocycles. The van der Waals surface area contributed by atoms with Gasteiger partial charge in [-0.05, 0) is 30.9 Å². The Kier molecular flexibility index (Phi) is 5.46. The van der Waals surface area contributed by atoms with E-state index in [-0.39, 0.29) is 6.10 Å². The molecule has 0 aromatic rings. The first kappa shape index (κ1) is 9.80. The van der Waals surface area contributed by atoms with E-state index in [9.17, 15) is 4.57 Å². The van der Waals surface area contributed by atoms with Crippen LogP contribution in [0.4, 0.5) is 0 Å². The van der Waals surface area contributed by atoms with Crippen molar-refractivity contribution in [1.82, 2.24) is 0 Å². The van der Waals surface area contributed by atoms with Crippen molar-refractivity contribution in [1.29, 1.82) is 0 Å². The fourth-order valence-corrected chi connectivity index (χ4v) is 1.30. The molecule has 0 aliphatic carbocycles. The monoisotopic (exact) mass is 161 g/mol. The van der Waals surface area contributed by atoms with Gasteiger partial charge in [0.1, 0.15) is 6.10 Å². The van der Waals surface area contributed by atoms with E-state index in [1.54, 1.807) is 5.82 Å². The largest absolute Gasteiger partial charge is 0.540 e. The average molecular weight is 161 g/mol. The molecule has 0 bridgehead atoms. The van der Waals surface area contributed by atoms with E-state index >= 15 is 0 Å². The van der Waals surface area contributed by atoms with Crippen LogP contribution in [-0.2, 0) is 9.09 Å². The number of allylic oxidation sites excluding steroid dienone is 1. The third kappa shape index (κ3) is 5.93. The van der Waals surface area contributed by atoms with E-state index in [0.29, 0.717) is 0 Å². The van der Waals surface area contributed by atoms with Crippen molar-refractivity contribution in [3.05, 3.63) is 11.9 Å². The summed E-state index contributed by atoms with van der Waals surface area (Å²) in [6.07, 6.45) is 2.80. The van der Waals surface area contributed by atoms with Crippen molar-refractivity contribution < 1.29 is 9.09 Å². The number of hydrogen-bond acceptors (Lipinski definition) is 2. The molecule has 1 unspecified atom stereocenters. The Hall–Kier alpha value is -0.200. The Morgan fingerprint density at radius 1 is 1.60 bits per heavy atom. The van der Waals surface area contributed by atoms with Crippen molar-refractivity contribution in [2.45, 2.75) is 33.3 Å². The van der Waals surface area contributed by atoms with Crippen molar-refractivity contribution in [2.24, 2.45) is 0 Å². The highest BCUT2D eigenvalue weighted by atomic mass is 31.1. The van der Waals surface area contributed by atoms with Gasteiger partial charge in [0.2, 0.25) is 0 Å². The van der Waals surface area contributed by atoms with Crippen molar-refractivity contribution >= 4 is 8.03 Å². The summed E-state index contributed by atoms with van der Waals surface area (Å²) in [7, 11) is -1.56. The molecule has 0 amide bonds. The maximum atomic E-state index is 10.9. The van der Waals surface area contributed by atoms with Crippen LogP contribution in [0, 0.1) is 0 Å². The van der Waals surface area contributed by atoms with Gasteiger partial charge < -0.3 is 0 Å². The second-order valence-electron chi connectivity index (χ2n) is 2.23. The predicted octanol–water partition coefficient (Wildman–Crippen LogP) is 3.08. The van der Waals surface area contributed by atoms with E-state index in [2.05, 4.69) is 0 Å². The molecule has 0 saturated heterocycles. The van der Waals surface area contributed by atoms with Crippen LogP contribution in [0.3, 0.4) is 0 Å². The van der Waals surface area contributed by atoms with E-state index in [1.807, 2.05) is 26.8 Å². The Morgan fingerprint density at radius 2 is 2.20 bits per heavy atom. The Morgan fingerprint density at radius 3 is 2.60 bits per heavy atom. The first-order chi connectivity index (χ1) is 4.66. The van der Waals surface area contributed by atoms with Gasteiger partial charge in [-0.3, -0.25) is 0 Å². The van der Waals surface area contributed by atoms with E-state index < -0.39 is 8.03 Å². The van der Waals surface area contributed by atoms with Crippen LogP contribution in [-0.4, -0.2) is 6.10 Å². The molecule has 10 heavy (non-hydrogen) atoms. The quantitative estimate of drug-likeness (QED) is 0.592. The fourth-order valence-electron chi connectivity index (χ4n) is 0.434. The fraction of sp³-hybridized carbons (Fsp3) is 0.714. The summed E-state index contributed by atoms with van der Waals surface area (Å²) in [6.45, 7) is 5.73. The van der Waals surface area contributed by atoms with E-state index in [4.69, 9.17) is 4.52 Å². The van der Waals surface area contributed by atoms with Gasteiger partial charge in [0, 0.05) is 0 Å². The molecule has 0 aromatic heterocycles. The second-order valence-corrected chi connectivity index (χ2v) is 3.31. The molecular weight excluding hydrogens is 147 g/mol. The summed E-state index contributed by atoms with van der Waals surface area (Å²) >= 11 is 0. The first-order valence-electron chi connectivity index (χ1n) is 3.46. The predicted molar refractivity (Wildman–Crippen MR) is 43.3 cm³/mol. The first-order valence-corrected chi connectivity index (χ1v) is 4.71. The van der Waals surface area contributed by atoms with Gasteiger partial charge in [-0.2, -0.15) is 0 Å². The molecule has 0 N–H and O–H groups in total. The third-order valence-corrected chi connectivity index (χ3v) is 1.86. The van der Waals surface area contributed by atoms with Crippen LogP contribution < -0.4 is 0 Å². The van der Waals surface area contributed by atoms with Crippen LogP contribution in [0.25, 0.3) is 0 Å². The molecule has 0 saturated carbocycles. The van der Waals surface area contributed by atoms with Gasteiger partial charge >= 0.3 is 8.03 Å². The normalized spacial score (nSPS) is 13.0. The topological polar surface area (TPSA) is 26.3 Å². The van der Waals surface area contributed by atoms with Crippen LogP contribution in [0.1, 0.15) is 27.2 Å². The van der Waals surface area contributed by atoms with Crippen molar-refractivity contribution in [2.75, 3.05) is 0 Å². The zero-order chi connectivity index (χ0) is 7.98. The molecule has 0 spiro atoms. The summed E-state index contributed by atoms with van der Waals surface area (Å²) in [4.78, 5) is 0. The summed E-state index contributed by atoms with van der Waals surface area (Å²) in [5.41, 5.74) is 0. The Bertz CT molecular complexity index is 130. The summed E-state index contributed by atoms with van der Waals surface area (Å²) in [5, 5.41) is 0. The lowest BCUT2D eigenvalue weighted by molar-refractivity contribution is 0.260. The highest BCUT2D eigenvalue weighted by molar-refractivity contribution is 7.42. The van der Waals surface area contributed by atoms with Gasteiger partial charge in [-0.1, -0.05) is 6.92 Å². The minimum atomic E-state index is -1.56. The second kappa shape index (κ2) is 5.57. The molecule has 0 aliphatic heterocycles. The zero-order valence-electron chi connectivity index (χ0n) is 6.70. The van der Waals surface area contributed by atoms with Crippen molar-refractivity contribution in [3.63, 3.8) is 0 Å². The molecule has 2 nitrogen and oxygen atoms in total. The van der Waals surface area contributed by atoms with Gasteiger partial charge in [-0.25, -0.2) is 0 Å². The SMILES string of the molecule is CCC=C[P+](=O)OC(C)C. The highest BCUT2D eigenvalue weighted by Crippen LogP contribution is 2.25. The minimum Gasteiger partial charge on any atom is -0.140 e. The lowest BCUT2D eigenvalue weighted by atomic mass is 10.5. The van der Waals surface area contributed by atoms with Gasteiger partial charge in [0.25, 0.3) is 0 Å². The smallest absolute Gasteiger partial charge is 0.140 e. The molecular formula is C7H14O2P+. The Labute approximate surface area is 63.1 Å². The molecule has 0 rings (SSSR count). The molecule has 0 aromatic carbocycles. The van der Waals surface area contributed by atoms with E-state index in [1.165, 1.54) is 0 Å². The Balaban J connectivity index is 3.54.